The molecule has 0 spiro atoms. The van der Waals surface area contributed by atoms with E-state index in [0.29, 0.717) is 10.0 Å². The smallest absolute Gasteiger partial charge is 0.332 e. The summed E-state index contributed by atoms with van der Waals surface area (Å²) in [5.74, 6) is -0.840. The maximum atomic E-state index is 13.3. The van der Waals surface area contributed by atoms with Crippen LogP contribution in [0, 0.1) is 5.82 Å². The predicted octanol–water partition coefficient (Wildman–Crippen LogP) is 4.68. The molecular weight excluding hydrogens is 405 g/mol. The van der Waals surface area contributed by atoms with Crippen molar-refractivity contribution in [2.45, 2.75) is 6.04 Å². The third-order valence-electron chi connectivity index (χ3n) is 2.89. The Labute approximate surface area is 138 Å². The fourth-order valence-corrected chi connectivity index (χ4v) is 2.62. The largest absolute Gasteiger partial charge is 0.467 e. The standard InChI is InChI=1S/C15H12Br2FNO2/c1-21-15(20)14(9-6-7-12(18)11(17)8-9)19-13-5-3-2-4-10(13)16/h2-8,14,19H,1H3. The summed E-state index contributed by atoms with van der Waals surface area (Å²) in [6, 6.07) is 11.1. The molecule has 0 radical (unpaired) electrons. The Hall–Kier alpha value is -1.40. The van der Waals surface area contributed by atoms with E-state index in [1.165, 1.54) is 13.2 Å². The van der Waals surface area contributed by atoms with Crippen molar-refractivity contribution in [1.29, 1.82) is 0 Å². The molecule has 0 saturated carbocycles. The van der Waals surface area contributed by atoms with Crippen LogP contribution in [0.25, 0.3) is 0 Å². The Morgan fingerprint density at radius 2 is 1.90 bits per heavy atom. The Morgan fingerprint density at radius 3 is 2.52 bits per heavy atom. The van der Waals surface area contributed by atoms with Crippen molar-refractivity contribution in [1.82, 2.24) is 0 Å². The van der Waals surface area contributed by atoms with Crippen LogP contribution in [0.3, 0.4) is 0 Å². The number of hydrogen-bond donors (Lipinski definition) is 1. The molecule has 0 aliphatic rings. The summed E-state index contributed by atoms with van der Waals surface area (Å²) in [5, 5.41) is 3.10. The highest BCUT2D eigenvalue weighted by atomic mass is 79.9. The van der Waals surface area contributed by atoms with Gasteiger partial charge in [-0.1, -0.05) is 18.2 Å². The van der Waals surface area contributed by atoms with Gasteiger partial charge in [-0.25, -0.2) is 9.18 Å². The maximum absolute atomic E-state index is 13.3. The van der Waals surface area contributed by atoms with Gasteiger partial charge in [0.15, 0.2) is 6.04 Å². The van der Waals surface area contributed by atoms with Crippen molar-refractivity contribution in [3.63, 3.8) is 0 Å². The van der Waals surface area contributed by atoms with E-state index in [-0.39, 0.29) is 5.82 Å². The summed E-state index contributed by atoms with van der Waals surface area (Å²) in [6.45, 7) is 0. The molecule has 0 fully saturated rings. The van der Waals surface area contributed by atoms with Gasteiger partial charge in [0.05, 0.1) is 11.6 Å². The quantitative estimate of drug-likeness (QED) is 0.735. The number of carbonyl (C=O) groups is 1. The maximum Gasteiger partial charge on any atom is 0.332 e. The molecule has 0 bridgehead atoms. The second kappa shape index (κ2) is 7.04. The third kappa shape index (κ3) is 3.83. The van der Waals surface area contributed by atoms with Crippen molar-refractivity contribution < 1.29 is 13.9 Å². The number of anilines is 1. The van der Waals surface area contributed by atoms with Crippen molar-refractivity contribution >= 4 is 43.5 Å². The SMILES string of the molecule is COC(=O)C(Nc1ccccc1Br)c1ccc(F)c(Br)c1. The van der Waals surface area contributed by atoms with Gasteiger partial charge in [0.2, 0.25) is 0 Å². The number of carbonyl (C=O) groups excluding carboxylic acids is 1. The number of rotatable bonds is 4. The van der Waals surface area contributed by atoms with E-state index in [1.54, 1.807) is 12.1 Å². The van der Waals surface area contributed by atoms with Gasteiger partial charge in [-0.15, -0.1) is 0 Å². The van der Waals surface area contributed by atoms with E-state index >= 15 is 0 Å². The fraction of sp³-hybridized carbons (Fsp3) is 0.133. The van der Waals surface area contributed by atoms with Crippen molar-refractivity contribution in [2.75, 3.05) is 12.4 Å². The zero-order valence-corrected chi connectivity index (χ0v) is 14.2. The van der Waals surface area contributed by atoms with Gasteiger partial charge in [-0.2, -0.15) is 0 Å². The van der Waals surface area contributed by atoms with E-state index in [1.807, 2.05) is 24.3 Å². The minimum atomic E-state index is -0.731. The van der Waals surface area contributed by atoms with Crippen molar-refractivity contribution in [3.8, 4) is 0 Å². The van der Waals surface area contributed by atoms with E-state index in [2.05, 4.69) is 37.2 Å². The molecular formula is C15H12Br2FNO2. The highest BCUT2D eigenvalue weighted by molar-refractivity contribution is 9.10. The molecule has 6 heteroatoms. The number of esters is 1. The minimum Gasteiger partial charge on any atom is -0.467 e. The van der Waals surface area contributed by atoms with Crippen LogP contribution in [0.4, 0.5) is 10.1 Å². The summed E-state index contributed by atoms with van der Waals surface area (Å²) in [7, 11) is 1.32. The predicted molar refractivity (Wildman–Crippen MR) is 86.6 cm³/mol. The highest BCUT2D eigenvalue weighted by Gasteiger charge is 2.22. The molecule has 0 aliphatic carbocycles. The van der Waals surface area contributed by atoms with Gasteiger partial charge in [0.1, 0.15) is 5.82 Å². The molecule has 0 amide bonds. The summed E-state index contributed by atoms with van der Waals surface area (Å²) < 4.78 is 19.3. The third-order valence-corrected chi connectivity index (χ3v) is 4.19. The van der Waals surface area contributed by atoms with E-state index in [9.17, 15) is 9.18 Å². The molecule has 1 N–H and O–H groups in total. The molecule has 2 aromatic carbocycles. The van der Waals surface area contributed by atoms with Crippen molar-refractivity contribution in [3.05, 3.63) is 62.8 Å². The average Bonchev–Trinajstić information content (AvgIpc) is 2.48. The lowest BCUT2D eigenvalue weighted by atomic mass is 10.1. The van der Waals surface area contributed by atoms with Gasteiger partial charge in [0.25, 0.3) is 0 Å². The van der Waals surface area contributed by atoms with Gasteiger partial charge >= 0.3 is 5.97 Å². The van der Waals surface area contributed by atoms with Crippen LogP contribution in [-0.4, -0.2) is 13.1 Å². The zero-order valence-electron chi connectivity index (χ0n) is 11.1. The Bertz CT molecular complexity index is 664. The zero-order chi connectivity index (χ0) is 15.4. The first-order chi connectivity index (χ1) is 10.0. The first-order valence-corrected chi connectivity index (χ1v) is 7.65. The van der Waals surface area contributed by atoms with Gasteiger partial charge < -0.3 is 10.1 Å². The van der Waals surface area contributed by atoms with Gasteiger partial charge in [0, 0.05) is 10.2 Å². The molecule has 0 aliphatic heterocycles. The van der Waals surface area contributed by atoms with Crippen LogP contribution < -0.4 is 5.32 Å². The molecule has 3 nitrogen and oxygen atoms in total. The molecule has 110 valence electrons. The van der Waals surface area contributed by atoms with Crippen LogP contribution in [0.1, 0.15) is 11.6 Å². The Kier molecular flexibility index (Phi) is 5.36. The molecule has 21 heavy (non-hydrogen) atoms. The van der Waals surface area contributed by atoms with Crippen LogP contribution in [0.15, 0.2) is 51.4 Å². The number of methoxy groups -OCH3 is 1. The number of halogens is 3. The molecule has 1 unspecified atom stereocenters. The highest BCUT2D eigenvalue weighted by Crippen LogP contribution is 2.29. The lowest BCUT2D eigenvalue weighted by Crippen LogP contribution is -2.22. The number of nitrogens with one attached hydrogen (secondary N) is 1. The second-order valence-corrected chi connectivity index (χ2v) is 5.96. The fourth-order valence-electron chi connectivity index (χ4n) is 1.82. The summed E-state index contributed by atoms with van der Waals surface area (Å²) >= 11 is 6.53. The number of benzene rings is 2. The topological polar surface area (TPSA) is 38.3 Å². The summed E-state index contributed by atoms with van der Waals surface area (Å²) in [6.07, 6.45) is 0. The molecule has 2 rings (SSSR count). The monoisotopic (exact) mass is 415 g/mol. The molecule has 0 saturated heterocycles. The first-order valence-electron chi connectivity index (χ1n) is 6.06. The minimum absolute atomic E-state index is 0.294. The first kappa shape index (κ1) is 16.0. The molecule has 0 aromatic heterocycles. The van der Waals surface area contributed by atoms with E-state index < -0.39 is 12.0 Å². The lowest BCUT2D eigenvalue weighted by Gasteiger charge is -2.19. The molecule has 1 atom stereocenters. The summed E-state index contributed by atoms with van der Waals surface area (Å²) in [4.78, 5) is 12.0. The van der Waals surface area contributed by atoms with Crippen LogP contribution in [-0.2, 0) is 9.53 Å². The Morgan fingerprint density at radius 1 is 1.19 bits per heavy atom. The van der Waals surface area contributed by atoms with Crippen LogP contribution >= 0.6 is 31.9 Å². The van der Waals surface area contributed by atoms with Crippen LogP contribution in [0.2, 0.25) is 0 Å². The van der Waals surface area contributed by atoms with E-state index in [4.69, 9.17) is 4.74 Å². The van der Waals surface area contributed by atoms with E-state index in [0.717, 1.165) is 10.2 Å². The number of para-hydroxylation sites is 1. The molecule has 0 heterocycles. The van der Waals surface area contributed by atoms with Crippen molar-refractivity contribution in [2.24, 2.45) is 0 Å². The average molecular weight is 417 g/mol. The number of hydrogen-bond acceptors (Lipinski definition) is 3. The lowest BCUT2D eigenvalue weighted by molar-refractivity contribution is -0.141. The molecule has 2 aromatic rings. The van der Waals surface area contributed by atoms with Gasteiger partial charge in [-0.05, 0) is 61.7 Å². The van der Waals surface area contributed by atoms with Crippen LogP contribution in [0.5, 0.6) is 0 Å². The normalized spacial score (nSPS) is 11.8. The Balaban J connectivity index is 2.37. The van der Waals surface area contributed by atoms with Gasteiger partial charge in [-0.3, -0.25) is 0 Å². The summed E-state index contributed by atoms with van der Waals surface area (Å²) in [5.41, 5.74) is 1.35. The second-order valence-electron chi connectivity index (χ2n) is 4.25. The number of ether oxygens (including phenoxy) is 1.